The lowest BCUT2D eigenvalue weighted by Gasteiger charge is -2.11. The molecule has 4 rings (SSSR count). The Bertz CT molecular complexity index is 1240. The molecule has 7 heteroatoms. The normalized spacial score (nSPS) is 10.9. The minimum absolute atomic E-state index is 0.0241. The second kappa shape index (κ2) is 8.12. The fourth-order valence-corrected chi connectivity index (χ4v) is 4.35. The number of ether oxygens (including phenoxy) is 1. The van der Waals surface area contributed by atoms with E-state index in [0.717, 1.165) is 32.9 Å². The molecule has 2 aromatic heterocycles. The molecule has 2 aromatic carbocycles. The Hall–Kier alpha value is -3.45. The van der Waals surface area contributed by atoms with Gasteiger partial charge in [0.25, 0.3) is 0 Å². The number of anilines is 1. The molecule has 0 spiro atoms. The Morgan fingerprint density at radius 1 is 1.13 bits per heavy atom. The zero-order chi connectivity index (χ0) is 21.3. The summed E-state index contributed by atoms with van der Waals surface area (Å²) in [4.78, 5) is 29.4. The highest BCUT2D eigenvalue weighted by atomic mass is 32.1. The maximum absolute atomic E-state index is 12.8. The van der Waals surface area contributed by atoms with Crippen LogP contribution in [0.25, 0.3) is 21.5 Å². The van der Waals surface area contributed by atoms with Crippen LogP contribution in [0.4, 0.5) is 5.13 Å². The number of hydrogen-bond donors (Lipinski definition) is 1. The van der Waals surface area contributed by atoms with Gasteiger partial charge in [0, 0.05) is 17.0 Å². The highest BCUT2D eigenvalue weighted by Crippen LogP contribution is 2.30. The fourth-order valence-electron chi connectivity index (χ4n) is 3.44. The average Bonchev–Trinajstić information content (AvgIpc) is 3.28. The third-order valence-electron chi connectivity index (χ3n) is 4.96. The van der Waals surface area contributed by atoms with Crippen LogP contribution in [0.15, 0.2) is 54.6 Å². The van der Waals surface area contributed by atoms with Crippen molar-refractivity contribution in [2.75, 3.05) is 12.4 Å². The summed E-state index contributed by atoms with van der Waals surface area (Å²) in [5, 5.41) is 3.41. The van der Waals surface area contributed by atoms with E-state index in [9.17, 15) is 9.59 Å². The van der Waals surface area contributed by atoms with Crippen LogP contribution in [0.2, 0.25) is 0 Å². The van der Waals surface area contributed by atoms with Gasteiger partial charge in [0.15, 0.2) is 10.9 Å². The van der Waals surface area contributed by atoms with Crippen molar-refractivity contribution in [3.8, 4) is 17.0 Å². The molecular formula is C23H21N3O3S. The summed E-state index contributed by atoms with van der Waals surface area (Å²) in [5.74, 6) is 0.521. The van der Waals surface area contributed by atoms with Crippen LogP contribution in [-0.2, 0) is 11.3 Å². The summed E-state index contributed by atoms with van der Waals surface area (Å²) >= 11 is 1.39. The van der Waals surface area contributed by atoms with Gasteiger partial charge < -0.3 is 14.6 Å². The minimum atomic E-state index is -0.202. The fraction of sp³-hybridized carbons (Fsp3) is 0.174. The second-order valence-electron chi connectivity index (χ2n) is 6.94. The Morgan fingerprint density at radius 2 is 1.90 bits per heavy atom. The number of Topliss-reactive ketones (excluding diaryl/α,β-unsaturated/α-hetero) is 1. The first-order chi connectivity index (χ1) is 14.5. The third kappa shape index (κ3) is 3.84. The first kappa shape index (κ1) is 19.8. The van der Waals surface area contributed by atoms with Crippen LogP contribution < -0.4 is 10.1 Å². The van der Waals surface area contributed by atoms with Gasteiger partial charge in [-0.05, 0) is 43.7 Å². The predicted molar refractivity (Wildman–Crippen MR) is 119 cm³/mol. The number of nitrogens with zero attached hydrogens (tertiary/aromatic N) is 2. The first-order valence-electron chi connectivity index (χ1n) is 9.47. The molecule has 1 N–H and O–H groups in total. The van der Waals surface area contributed by atoms with Gasteiger partial charge in [0.2, 0.25) is 5.91 Å². The number of hydrogen-bond acceptors (Lipinski definition) is 5. The van der Waals surface area contributed by atoms with E-state index in [2.05, 4.69) is 10.3 Å². The lowest BCUT2D eigenvalue weighted by molar-refractivity contribution is -0.116. The van der Waals surface area contributed by atoms with E-state index in [1.807, 2.05) is 66.1 Å². The Morgan fingerprint density at radius 3 is 2.60 bits per heavy atom. The number of fused-ring (bicyclic) bond motifs is 1. The number of benzene rings is 2. The van der Waals surface area contributed by atoms with Crippen molar-refractivity contribution >= 4 is 38.4 Å². The Balaban J connectivity index is 1.62. The van der Waals surface area contributed by atoms with Gasteiger partial charge in [-0.25, -0.2) is 4.98 Å². The van der Waals surface area contributed by atoms with Crippen molar-refractivity contribution in [3.63, 3.8) is 0 Å². The Kier molecular flexibility index (Phi) is 5.37. The van der Waals surface area contributed by atoms with Crippen LogP contribution >= 0.6 is 11.3 Å². The molecule has 0 unspecified atom stereocenters. The molecule has 0 radical (unpaired) electrons. The molecule has 152 valence electrons. The first-order valence-corrected chi connectivity index (χ1v) is 10.3. The van der Waals surface area contributed by atoms with Crippen molar-refractivity contribution < 1.29 is 14.3 Å². The third-order valence-corrected chi connectivity index (χ3v) is 5.89. The van der Waals surface area contributed by atoms with E-state index in [0.29, 0.717) is 10.7 Å². The van der Waals surface area contributed by atoms with Gasteiger partial charge in [0.1, 0.15) is 12.3 Å². The van der Waals surface area contributed by atoms with Crippen molar-refractivity contribution in [2.24, 2.45) is 0 Å². The SMILES string of the molecule is COc1ccc2nc(NC(=O)Cn3c(-c4ccccc4)cc(C(C)=O)c3C)sc2c1. The van der Waals surface area contributed by atoms with E-state index < -0.39 is 0 Å². The number of carbonyl (C=O) groups is 2. The molecule has 0 saturated carbocycles. The number of thiazole rings is 1. The number of carbonyl (C=O) groups excluding carboxylic acids is 2. The van der Waals surface area contributed by atoms with E-state index in [1.54, 1.807) is 7.11 Å². The van der Waals surface area contributed by atoms with Gasteiger partial charge in [-0.2, -0.15) is 0 Å². The van der Waals surface area contributed by atoms with Gasteiger partial charge in [0.05, 0.1) is 17.3 Å². The number of nitrogens with one attached hydrogen (secondary N) is 1. The van der Waals surface area contributed by atoms with E-state index in [1.165, 1.54) is 18.3 Å². The molecule has 30 heavy (non-hydrogen) atoms. The van der Waals surface area contributed by atoms with Crippen LogP contribution in [0, 0.1) is 6.92 Å². The molecule has 6 nitrogen and oxygen atoms in total. The second-order valence-corrected chi connectivity index (χ2v) is 7.97. The van der Waals surface area contributed by atoms with Crippen LogP contribution in [0.1, 0.15) is 23.0 Å². The molecule has 0 fully saturated rings. The van der Waals surface area contributed by atoms with Crippen molar-refractivity contribution in [1.82, 2.24) is 9.55 Å². The lowest BCUT2D eigenvalue weighted by Crippen LogP contribution is -2.20. The van der Waals surface area contributed by atoms with E-state index >= 15 is 0 Å². The molecule has 4 aromatic rings. The van der Waals surface area contributed by atoms with Gasteiger partial charge >= 0.3 is 0 Å². The van der Waals surface area contributed by atoms with Crippen molar-refractivity contribution in [1.29, 1.82) is 0 Å². The molecule has 0 bridgehead atoms. The van der Waals surface area contributed by atoms with Crippen molar-refractivity contribution in [2.45, 2.75) is 20.4 Å². The number of ketones is 1. The highest BCUT2D eigenvalue weighted by Gasteiger charge is 2.18. The maximum Gasteiger partial charge on any atom is 0.246 e. The molecule has 0 aliphatic rings. The zero-order valence-corrected chi connectivity index (χ0v) is 17.7. The van der Waals surface area contributed by atoms with Gasteiger partial charge in [-0.15, -0.1) is 0 Å². The van der Waals surface area contributed by atoms with E-state index in [4.69, 9.17) is 4.74 Å². The molecule has 2 heterocycles. The van der Waals surface area contributed by atoms with Crippen LogP contribution in [0.5, 0.6) is 5.75 Å². The lowest BCUT2D eigenvalue weighted by atomic mass is 10.1. The minimum Gasteiger partial charge on any atom is -0.497 e. The highest BCUT2D eigenvalue weighted by molar-refractivity contribution is 7.22. The predicted octanol–water partition coefficient (Wildman–Crippen LogP) is 4.92. The largest absolute Gasteiger partial charge is 0.497 e. The standard InChI is InChI=1S/C23H21N3O3S/c1-14-18(15(2)27)12-20(16-7-5-4-6-8-16)26(14)13-22(28)25-23-24-19-10-9-17(29-3)11-21(19)30-23/h4-12H,13H2,1-3H3,(H,24,25,28). The quantitative estimate of drug-likeness (QED) is 0.450. The number of amides is 1. The smallest absolute Gasteiger partial charge is 0.246 e. The summed E-state index contributed by atoms with van der Waals surface area (Å²) in [6.45, 7) is 3.49. The summed E-state index contributed by atoms with van der Waals surface area (Å²) in [6, 6.07) is 17.2. The summed E-state index contributed by atoms with van der Waals surface area (Å²) < 4.78 is 8.05. The van der Waals surface area contributed by atoms with Gasteiger partial charge in [-0.3, -0.25) is 9.59 Å². The molecule has 1 amide bonds. The van der Waals surface area contributed by atoms with Gasteiger partial charge in [-0.1, -0.05) is 41.7 Å². The summed E-state index contributed by atoms with van der Waals surface area (Å²) in [7, 11) is 1.62. The average molecular weight is 420 g/mol. The molecule has 0 aliphatic carbocycles. The Labute approximate surface area is 178 Å². The summed E-state index contributed by atoms with van der Waals surface area (Å²) in [5.41, 5.74) is 3.98. The maximum atomic E-state index is 12.8. The molecular weight excluding hydrogens is 398 g/mol. The molecule has 0 atom stereocenters. The van der Waals surface area contributed by atoms with Crippen LogP contribution in [-0.4, -0.2) is 28.4 Å². The molecule has 0 aliphatic heterocycles. The van der Waals surface area contributed by atoms with Crippen LogP contribution in [0.3, 0.4) is 0 Å². The number of aromatic nitrogens is 2. The number of methoxy groups -OCH3 is 1. The molecule has 0 saturated heterocycles. The van der Waals surface area contributed by atoms with E-state index in [-0.39, 0.29) is 18.2 Å². The monoisotopic (exact) mass is 419 g/mol. The zero-order valence-electron chi connectivity index (χ0n) is 16.9. The van der Waals surface area contributed by atoms with Crippen molar-refractivity contribution in [3.05, 3.63) is 65.9 Å². The summed E-state index contributed by atoms with van der Waals surface area (Å²) in [6.07, 6.45) is 0. The topological polar surface area (TPSA) is 73.2 Å². The number of rotatable bonds is 6.